The molecule has 11 heteroatoms. The second-order valence-corrected chi connectivity index (χ2v) is 15.0. The molecule has 0 bridgehead atoms. The maximum atomic E-state index is 14.7. The number of nitrogens with one attached hydrogen (secondary N) is 4. The van der Waals surface area contributed by atoms with E-state index in [1.807, 2.05) is 32.6 Å². The van der Waals surface area contributed by atoms with E-state index in [0.29, 0.717) is 23.4 Å². The summed E-state index contributed by atoms with van der Waals surface area (Å²) in [6.07, 6.45) is 7.29. The van der Waals surface area contributed by atoms with Crippen LogP contribution in [-0.2, 0) is 6.54 Å². The van der Waals surface area contributed by atoms with E-state index in [9.17, 15) is 4.39 Å². The molecule has 0 aliphatic carbocycles. The Kier molecular flexibility index (Phi) is 8.63. The maximum absolute atomic E-state index is 14.7. The van der Waals surface area contributed by atoms with E-state index < -0.39 is 20.1 Å². The zero-order valence-electron chi connectivity index (χ0n) is 24.7. The minimum atomic E-state index is -1.68. The summed E-state index contributed by atoms with van der Waals surface area (Å²) in [6, 6.07) is 13.7. The number of fused-ring (bicyclic) bond motifs is 2. The summed E-state index contributed by atoms with van der Waals surface area (Å²) < 4.78 is 19.4. The summed E-state index contributed by atoms with van der Waals surface area (Å²) in [4.78, 5) is 21.7. The fraction of sp³-hybridized carbons (Fsp3) is 0.250. The van der Waals surface area contributed by atoms with Gasteiger partial charge in [-0.1, -0.05) is 0 Å². The van der Waals surface area contributed by atoms with Crippen LogP contribution in [0.5, 0.6) is 0 Å². The first-order valence-electron chi connectivity index (χ1n) is 14.2. The zero-order chi connectivity index (χ0) is 29.9. The van der Waals surface area contributed by atoms with Gasteiger partial charge in [0.15, 0.2) is 0 Å². The molecule has 0 spiro atoms. The van der Waals surface area contributed by atoms with Gasteiger partial charge in [-0.05, 0) is 14.1 Å². The number of alkyl halides is 1. The number of hydrogen-bond acceptors (Lipinski definition) is 8. The fourth-order valence-electron chi connectivity index (χ4n) is 5.06. The number of aromatic amines is 1. The van der Waals surface area contributed by atoms with Crippen molar-refractivity contribution in [1.29, 1.82) is 0 Å². The van der Waals surface area contributed by atoms with E-state index in [-0.39, 0.29) is 5.82 Å². The van der Waals surface area contributed by atoms with Crippen LogP contribution in [0.1, 0.15) is 23.9 Å². The third kappa shape index (κ3) is 6.38. The Hall–Kier alpha value is -3.94. The Balaban J connectivity index is 1.37. The second kappa shape index (κ2) is 12.7. The molecule has 0 saturated carbocycles. The topological polar surface area (TPSA) is 106 Å². The standard InChI is InChI=1S/C32H35FIN9/c1-5-35-15-20-10-23(17-36-16-20)21-6-7-28-26(13-21)31(41-42-34(28)2)32-39-29-19-37-18-27(30(29)40-32)22-11-24(33)14-25(12-22)38-8-9-43(3)4/h6-7,10-14,16-19,35,38,42H,5,8-9,15H2,1-4H3,(H,39,40). The molecule has 0 unspecified atom stereocenters. The third-order valence-corrected chi connectivity index (χ3v) is 10.9. The Labute approximate surface area is 258 Å². The Morgan fingerprint density at radius 2 is 1.79 bits per heavy atom. The number of imidazole rings is 1. The van der Waals surface area contributed by atoms with Gasteiger partial charge in [-0.15, -0.1) is 0 Å². The molecule has 6 rings (SSSR count). The number of pyridine rings is 2. The molecular formula is C32H35FIN9. The molecule has 4 N–H and O–H groups in total. The SMILES string of the molecule is CCNCc1cncc(-c2ccc3c(c2)C(c2nc4c(-c5cc(F)cc(NCCN(C)C)c5)cncc4[nH]2)=NNI3C)c1. The van der Waals surface area contributed by atoms with Crippen LogP contribution in [0.15, 0.2) is 72.4 Å². The fourth-order valence-corrected chi connectivity index (χ4v) is 7.93. The van der Waals surface area contributed by atoms with E-state index in [2.05, 4.69) is 70.2 Å². The van der Waals surface area contributed by atoms with Gasteiger partial charge in [-0.2, -0.15) is 0 Å². The summed E-state index contributed by atoms with van der Waals surface area (Å²) in [5, 5.41) is 11.5. The number of anilines is 1. The molecule has 2 aromatic carbocycles. The zero-order valence-corrected chi connectivity index (χ0v) is 26.8. The Bertz CT molecular complexity index is 1800. The van der Waals surface area contributed by atoms with Crippen molar-refractivity contribution in [1.82, 2.24) is 33.8 Å². The molecule has 0 saturated heterocycles. The Morgan fingerprint density at radius 3 is 2.63 bits per heavy atom. The van der Waals surface area contributed by atoms with Gasteiger partial charge in [-0.3, -0.25) is 0 Å². The van der Waals surface area contributed by atoms with Crippen molar-refractivity contribution in [2.24, 2.45) is 5.10 Å². The van der Waals surface area contributed by atoms with Crippen molar-refractivity contribution in [3.8, 4) is 22.3 Å². The monoisotopic (exact) mass is 691 g/mol. The average Bonchev–Trinajstić information content (AvgIpc) is 3.44. The number of hydrogen-bond donors (Lipinski definition) is 4. The van der Waals surface area contributed by atoms with Crippen LogP contribution in [0.3, 0.4) is 0 Å². The number of likely N-dealkylation sites (N-methyl/N-ethyl adjacent to an activating group) is 1. The summed E-state index contributed by atoms with van der Waals surface area (Å²) >= 11 is -1.68. The number of nitrogens with zero attached hydrogens (tertiary/aromatic N) is 5. The van der Waals surface area contributed by atoms with Gasteiger partial charge in [0.25, 0.3) is 0 Å². The molecule has 9 nitrogen and oxygen atoms in total. The molecule has 0 radical (unpaired) electrons. The molecule has 0 atom stereocenters. The van der Waals surface area contributed by atoms with Crippen molar-refractivity contribution in [3.05, 3.63) is 93.6 Å². The van der Waals surface area contributed by atoms with Crippen molar-refractivity contribution in [2.75, 3.05) is 44.0 Å². The van der Waals surface area contributed by atoms with Gasteiger partial charge >= 0.3 is 234 Å². The summed E-state index contributed by atoms with van der Waals surface area (Å²) in [7, 11) is 4.02. The minimum absolute atomic E-state index is 0.316. The van der Waals surface area contributed by atoms with Gasteiger partial charge in [0.05, 0.1) is 0 Å². The van der Waals surface area contributed by atoms with Gasteiger partial charge in [-0.25, -0.2) is 0 Å². The van der Waals surface area contributed by atoms with E-state index in [4.69, 9.17) is 10.1 Å². The first-order valence-corrected chi connectivity index (χ1v) is 18.5. The number of rotatable bonds is 10. The van der Waals surface area contributed by atoms with Crippen LogP contribution in [0.2, 0.25) is 0 Å². The number of halogens is 2. The van der Waals surface area contributed by atoms with Gasteiger partial charge in [0.2, 0.25) is 0 Å². The van der Waals surface area contributed by atoms with Crippen LogP contribution in [-0.4, -0.2) is 69.2 Å². The van der Waals surface area contributed by atoms with E-state index in [1.165, 1.54) is 15.7 Å². The first-order chi connectivity index (χ1) is 20.9. The summed E-state index contributed by atoms with van der Waals surface area (Å²) in [6.45, 7) is 5.32. The van der Waals surface area contributed by atoms with E-state index >= 15 is 0 Å². The average molecular weight is 692 g/mol. The summed E-state index contributed by atoms with van der Waals surface area (Å²) in [5.41, 5.74) is 8.75. The van der Waals surface area contributed by atoms with Crippen LogP contribution in [0.25, 0.3) is 33.3 Å². The van der Waals surface area contributed by atoms with E-state index in [0.717, 1.165) is 64.4 Å². The molecule has 43 heavy (non-hydrogen) atoms. The molecule has 4 heterocycles. The van der Waals surface area contributed by atoms with Crippen LogP contribution < -0.4 is 14.3 Å². The molecule has 1 aliphatic rings. The van der Waals surface area contributed by atoms with E-state index in [1.54, 1.807) is 12.4 Å². The van der Waals surface area contributed by atoms with Crippen molar-refractivity contribution >= 4 is 42.5 Å². The predicted molar refractivity (Wildman–Crippen MR) is 181 cm³/mol. The third-order valence-electron chi connectivity index (χ3n) is 7.23. The Morgan fingerprint density at radius 1 is 0.930 bits per heavy atom. The van der Waals surface area contributed by atoms with Gasteiger partial charge in [0.1, 0.15) is 0 Å². The number of benzene rings is 2. The molecule has 222 valence electrons. The van der Waals surface area contributed by atoms with Gasteiger partial charge < -0.3 is 4.90 Å². The van der Waals surface area contributed by atoms with Crippen LogP contribution in [0, 0.1) is 9.39 Å². The van der Waals surface area contributed by atoms with Crippen molar-refractivity contribution < 1.29 is 4.39 Å². The molecule has 0 fully saturated rings. The normalized spacial score (nSPS) is 13.6. The van der Waals surface area contributed by atoms with Crippen molar-refractivity contribution in [3.63, 3.8) is 0 Å². The molecule has 0 amide bonds. The second-order valence-electron chi connectivity index (χ2n) is 10.7. The predicted octanol–water partition coefficient (Wildman–Crippen LogP) is 5.49. The van der Waals surface area contributed by atoms with Crippen LogP contribution in [0.4, 0.5) is 10.1 Å². The number of hydrazone groups is 1. The first kappa shape index (κ1) is 29.1. The van der Waals surface area contributed by atoms with Crippen LogP contribution >= 0.6 is 20.1 Å². The quantitative estimate of drug-likeness (QED) is 0.0873. The van der Waals surface area contributed by atoms with Gasteiger partial charge in [0, 0.05) is 6.54 Å². The number of aromatic nitrogens is 4. The molecule has 5 aromatic rings. The molecular weight excluding hydrogens is 656 g/mol. The molecule has 3 aromatic heterocycles. The number of H-pyrrole nitrogens is 1. The van der Waals surface area contributed by atoms with Crippen molar-refractivity contribution in [2.45, 2.75) is 13.5 Å². The summed E-state index contributed by atoms with van der Waals surface area (Å²) in [5.74, 6) is 0.322. The molecule has 1 aliphatic heterocycles.